The van der Waals surface area contributed by atoms with E-state index in [4.69, 9.17) is 8.40 Å². The molecule has 0 atom stereocenters. The Morgan fingerprint density at radius 3 is 1.77 bits per heavy atom. The highest BCUT2D eigenvalue weighted by Crippen LogP contribution is 2.08. The largest absolute Gasteiger partial charge is 0.287 e. The fourth-order valence-electron chi connectivity index (χ4n) is 0.975. The summed E-state index contributed by atoms with van der Waals surface area (Å²) in [6, 6.07) is 0.816. The van der Waals surface area contributed by atoms with Gasteiger partial charge in [-0.15, -0.1) is 0 Å². The predicted octanol–water partition coefficient (Wildman–Crippen LogP) is 4.00. The van der Waals surface area contributed by atoms with Crippen LogP contribution in [0.1, 0.15) is 42.5 Å². The van der Waals surface area contributed by atoms with E-state index >= 15 is 0 Å². The number of hydroxylamine groups is 2. The Bertz CT molecular complexity index is 110. The van der Waals surface area contributed by atoms with Crippen molar-refractivity contribution in [3.63, 3.8) is 0 Å². The normalized spacial score (nSPS) is 10.1. The van der Waals surface area contributed by atoms with E-state index in [1.165, 1.54) is 0 Å². The molecule has 0 heterocycles. The van der Waals surface area contributed by atoms with Crippen LogP contribution in [0.25, 0.3) is 0 Å². The summed E-state index contributed by atoms with van der Waals surface area (Å²) in [5.74, 6) is 0. The SMILES string of the molecule is C.C.CC(C)N(OCI=N)C(C)C. The highest BCUT2D eigenvalue weighted by Gasteiger charge is 2.12. The molecule has 0 aromatic rings. The summed E-state index contributed by atoms with van der Waals surface area (Å²) in [5.41, 5.74) is 0. The van der Waals surface area contributed by atoms with Gasteiger partial charge in [-0.25, -0.2) is 0 Å². The first-order valence-corrected chi connectivity index (χ1v) is 6.36. The molecule has 0 amide bonds. The van der Waals surface area contributed by atoms with Crippen molar-refractivity contribution in [2.75, 3.05) is 4.61 Å². The summed E-state index contributed by atoms with van der Waals surface area (Å²) in [6.45, 7) is 8.40. The van der Waals surface area contributed by atoms with E-state index in [0.717, 1.165) is 0 Å². The fourth-order valence-corrected chi connectivity index (χ4v) is 1.44. The zero-order chi connectivity index (χ0) is 8.85. The van der Waals surface area contributed by atoms with Gasteiger partial charge in [-0.05, 0) is 27.7 Å². The molecular formula is C9H25IN2O. The van der Waals surface area contributed by atoms with Gasteiger partial charge < -0.3 is 0 Å². The Hall–Kier alpha value is 0.450. The lowest BCUT2D eigenvalue weighted by Crippen LogP contribution is -2.36. The van der Waals surface area contributed by atoms with Crippen LogP contribution in [0, 0.1) is 3.56 Å². The van der Waals surface area contributed by atoms with Gasteiger partial charge in [0.15, 0.2) is 0 Å². The Kier molecular flexibility index (Phi) is 15.5. The molecule has 0 saturated carbocycles. The molecule has 84 valence electrons. The third-order valence-corrected chi connectivity index (χ3v) is 1.86. The van der Waals surface area contributed by atoms with Crippen molar-refractivity contribution in [2.24, 2.45) is 0 Å². The van der Waals surface area contributed by atoms with Crippen LogP contribution in [0.2, 0.25) is 0 Å². The second kappa shape index (κ2) is 10.5. The summed E-state index contributed by atoms with van der Waals surface area (Å²) >= 11 is -0.491. The zero-order valence-electron chi connectivity index (χ0n) is 7.60. The van der Waals surface area contributed by atoms with Gasteiger partial charge in [-0.1, -0.05) is 14.9 Å². The lowest BCUT2D eigenvalue weighted by molar-refractivity contribution is -0.178. The van der Waals surface area contributed by atoms with Crippen LogP contribution in [0.5, 0.6) is 0 Å². The van der Waals surface area contributed by atoms with E-state index in [1.54, 1.807) is 0 Å². The van der Waals surface area contributed by atoms with Gasteiger partial charge in [-0.2, -0.15) is 5.06 Å². The maximum atomic E-state index is 7.04. The van der Waals surface area contributed by atoms with E-state index in [0.29, 0.717) is 16.7 Å². The average molecular weight is 304 g/mol. The molecule has 0 rings (SSSR count). The van der Waals surface area contributed by atoms with Crippen LogP contribution in [-0.2, 0) is 4.84 Å². The van der Waals surface area contributed by atoms with Gasteiger partial charge in [-0.3, -0.25) is 8.40 Å². The van der Waals surface area contributed by atoms with Crippen molar-refractivity contribution < 1.29 is 4.84 Å². The molecule has 0 radical (unpaired) electrons. The summed E-state index contributed by atoms with van der Waals surface area (Å²) in [5, 5.41) is 1.95. The molecule has 0 aromatic carbocycles. The number of rotatable bonds is 5. The van der Waals surface area contributed by atoms with Gasteiger partial charge >= 0.3 is 0 Å². The quantitative estimate of drug-likeness (QED) is 0.473. The Labute approximate surface area is 93.7 Å². The van der Waals surface area contributed by atoms with E-state index in [-0.39, 0.29) is 14.9 Å². The molecule has 0 saturated heterocycles. The standard InChI is InChI=1S/C7H17IN2O.2CH4/c1-6(2)10(7(3)4)11-5-8-9;;/h6-7,9H,5H2,1-4H3;2*1H4. The van der Waals surface area contributed by atoms with Gasteiger partial charge in [0, 0.05) is 33.1 Å². The number of hydrogen-bond donors (Lipinski definition) is 1. The van der Waals surface area contributed by atoms with E-state index < -0.39 is 21.0 Å². The number of nitrogens with zero attached hydrogens (tertiary/aromatic N) is 1. The first-order valence-electron chi connectivity index (χ1n) is 3.75. The van der Waals surface area contributed by atoms with Crippen LogP contribution >= 0.6 is 21.0 Å². The minimum absolute atomic E-state index is 0. The lowest BCUT2D eigenvalue weighted by Gasteiger charge is -2.28. The second-order valence-electron chi connectivity index (χ2n) is 2.92. The molecule has 0 bridgehead atoms. The molecule has 0 unspecified atom stereocenters. The molecule has 3 nitrogen and oxygen atoms in total. The topological polar surface area (TPSA) is 36.3 Å². The summed E-state index contributed by atoms with van der Waals surface area (Å²) in [4.78, 5) is 5.41. The molecule has 4 heteroatoms. The smallest absolute Gasteiger partial charge is 0.131 e. The molecule has 1 N–H and O–H groups in total. The van der Waals surface area contributed by atoms with Gasteiger partial charge in [0.2, 0.25) is 0 Å². The van der Waals surface area contributed by atoms with Gasteiger partial charge in [0.05, 0.1) is 0 Å². The van der Waals surface area contributed by atoms with Gasteiger partial charge in [0.1, 0.15) is 4.61 Å². The van der Waals surface area contributed by atoms with Crippen LogP contribution < -0.4 is 0 Å². The van der Waals surface area contributed by atoms with Crippen molar-refractivity contribution in [2.45, 2.75) is 54.6 Å². The van der Waals surface area contributed by atoms with E-state index in [1.807, 2.05) is 5.06 Å². The summed E-state index contributed by atoms with van der Waals surface area (Å²) < 4.78 is 7.64. The molecule has 13 heavy (non-hydrogen) atoms. The minimum Gasteiger partial charge on any atom is -0.287 e. The Balaban J connectivity index is -0.000000500. The molecule has 0 fully saturated rings. The van der Waals surface area contributed by atoms with Crippen molar-refractivity contribution in [3.05, 3.63) is 0 Å². The van der Waals surface area contributed by atoms with Crippen LogP contribution in [0.15, 0.2) is 0 Å². The molecule has 0 aliphatic rings. The molecule has 0 spiro atoms. The fraction of sp³-hybridized carbons (Fsp3) is 1.00. The third-order valence-electron chi connectivity index (χ3n) is 1.27. The lowest BCUT2D eigenvalue weighted by atomic mass is 10.3. The monoisotopic (exact) mass is 304 g/mol. The predicted molar refractivity (Wildman–Crippen MR) is 68.3 cm³/mol. The first-order chi connectivity index (χ1) is 5.09. The third kappa shape index (κ3) is 8.77. The number of hydrogen-bond acceptors (Lipinski definition) is 3. The summed E-state index contributed by atoms with van der Waals surface area (Å²) in [6.07, 6.45) is 0. The van der Waals surface area contributed by atoms with Crippen LogP contribution in [0.4, 0.5) is 0 Å². The number of alkyl halides is 1. The van der Waals surface area contributed by atoms with E-state index in [2.05, 4.69) is 27.7 Å². The number of nitrogens with one attached hydrogen (secondary N) is 1. The maximum absolute atomic E-state index is 7.04. The van der Waals surface area contributed by atoms with Gasteiger partial charge in [0.25, 0.3) is 0 Å². The molecular weight excluding hydrogens is 279 g/mol. The van der Waals surface area contributed by atoms with Crippen LogP contribution in [-0.4, -0.2) is 21.8 Å². The Morgan fingerprint density at radius 2 is 1.54 bits per heavy atom. The highest BCUT2D eigenvalue weighted by atomic mass is 127. The summed E-state index contributed by atoms with van der Waals surface area (Å²) in [7, 11) is 0. The average Bonchev–Trinajstić information content (AvgIpc) is 1.87. The zero-order valence-corrected chi connectivity index (χ0v) is 9.75. The second-order valence-corrected chi connectivity index (χ2v) is 4.30. The van der Waals surface area contributed by atoms with Crippen molar-refractivity contribution >= 4 is 21.0 Å². The molecule has 0 aromatic heterocycles. The van der Waals surface area contributed by atoms with Crippen LogP contribution in [0.3, 0.4) is 0 Å². The minimum atomic E-state index is -0.491. The molecule has 0 aliphatic carbocycles. The van der Waals surface area contributed by atoms with Crippen molar-refractivity contribution in [1.82, 2.24) is 5.06 Å². The maximum Gasteiger partial charge on any atom is 0.131 e. The Morgan fingerprint density at radius 1 is 1.15 bits per heavy atom. The van der Waals surface area contributed by atoms with Crippen molar-refractivity contribution in [3.8, 4) is 0 Å². The highest BCUT2D eigenvalue weighted by molar-refractivity contribution is 14.1. The number of halogens is 1. The van der Waals surface area contributed by atoms with E-state index in [9.17, 15) is 0 Å². The molecule has 0 aliphatic heterocycles. The van der Waals surface area contributed by atoms with Crippen molar-refractivity contribution in [1.29, 1.82) is 3.56 Å². The first kappa shape index (κ1) is 19.1.